The van der Waals surface area contributed by atoms with Crippen LogP contribution < -0.4 is 4.74 Å². The number of ether oxygens (including phenoxy) is 1. The standard InChI is InChI=1S/C11H12BrNO4/c1-3-8(13(15)16)4-7-5-9(12)11(14)10(6-7)17-2/h4-6,14H,3H2,1-2H3. The van der Waals surface area contributed by atoms with Crippen LogP contribution in [0.3, 0.4) is 0 Å². The van der Waals surface area contributed by atoms with E-state index in [1.54, 1.807) is 19.1 Å². The number of phenolic OH excluding ortho intramolecular Hbond substituents is 1. The monoisotopic (exact) mass is 301 g/mol. The predicted molar refractivity (Wildman–Crippen MR) is 67.6 cm³/mol. The molecule has 0 amide bonds. The van der Waals surface area contributed by atoms with Crippen LogP contribution in [0.2, 0.25) is 0 Å². The molecule has 0 spiro atoms. The minimum Gasteiger partial charge on any atom is -0.503 e. The zero-order valence-corrected chi connectivity index (χ0v) is 11.0. The molecule has 0 heterocycles. The fourth-order valence-electron chi connectivity index (χ4n) is 1.31. The Labute approximate surface area is 107 Å². The molecule has 0 saturated carbocycles. The van der Waals surface area contributed by atoms with E-state index in [1.165, 1.54) is 13.2 Å². The van der Waals surface area contributed by atoms with Gasteiger partial charge in [-0.05, 0) is 33.6 Å². The average molecular weight is 302 g/mol. The Morgan fingerprint density at radius 3 is 2.76 bits per heavy atom. The maximum Gasteiger partial charge on any atom is 0.246 e. The second kappa shape index (κ2) is 5.67. The largest absolute Gasteiger partial charge is 0.503 e. The van der Waals surface area contributed by atoms with Crippen LogP contribution in [0.15, 0.2) is 22.3 Å². The van der Waals surface area contributed by atoms with Crippen molar-refractivity contribution in [1.82, 2.24) is 0 Å². The fourth-order valence-corrected chi connectivity index (χ4v) is 1.77. The second-order valence-electron chi connectivity index (χ2n) is 3.30. The minimum atomic E-state index is -0.423. The number of nitrogens with zero attached hydrogens (tertiary/aromatic N) is 1. The number of halogens is 1. The van der Waals surface area contributed by atoms with E-state index in [9.17, 15) is 15.2 Å². The van der Waals surface area contributed by atoms with Crippen LogP contribution in [0.4, 0.5) is 0 Å². The summed E-state index contributed by atoms with van der Waals surface area (Å²) in [5.74, 6) is 0.244. The van der Waals surface area contributed by atoms with Gasteiger partial charge in [0.25, 0.3) is 0 Å². The first-order chi connectivity index (χ1) is 7.99. The average Bonchev–Trinajstić information content (AvgIpc) is 2.29. The van der Waals surface area contributed by atoms with E-state index in [2.05, 4.69) is 15.9 Å². The van der Waals surface area contributed by atoms with Crippen LogP contribution in [0.5, 0.6) is 11.5 Å². The Morgan fingerprint density at radius 2 is 2.29 bits per heavy atom. The summed E-state index contributed by atoms with van der Waals surface area (Å²) in [7, 11) is 1.42. The van der Waals surface area contributed by atoms with E-state index in [-0.39, 0.29) is 17.2 Å². The molecule has 5 nitrogen and oxygen atoms in total. The van der Waals surface area contributed by atoms with E-state index in [4.69, 9.17) is 4.74 Å². The number of hydrogen-bond acceptors (Lipinski definition) is 4. The number of allylic oxidation sites excluding steroid dienone is 1. The highest BCUT2D eigenvalue weighted by Gasteiger charge is 2.11. The lowest BCUT2D eigenvalue weighted by atomic mass is 10.1. The molecule has 0 fully saturated rings. The van der Waals surface area contributed by atoms with Crippen molar-refractivity contribution >= 4 is 22.0 Å². The summed E-state index contributed by atoms with van der Waals surface area (Å²) in [6.45, 7) is 1.71. The molecule has 92 valence electrons. The Hall–Kier alpha value is -1.56. The predicted octanol–water partition coefficient (Wildman–Crippen LogP) is 3.19. The first-order valence-electron chi connectivity index (χ1n) is 4.91. The van der Waals surface area contributed by atoms with Gasteiger partial charge in [-0.1, -0.05) is 6.92 Å². The van der Waals surface area contributed by atoms with Crippen molar-refractivity contribution in [3.63, 3.8) is 0 Å². The highest BCUT2D eigenvalue weighted by molar-refractivity contribution is 9.10. The van der Waals surface area contributed by atoms with Gasteiger partial charge in [-0.2, -0.15) is 0 Å². The maximum atomic E-state index is 10.7. The molecule has 1 rings (SSSR count). The van der Waals surface area contributed by atoms with Crippen molar-refractivity contribution in [3.05, 3.63) is 38.0 Å². The third kappa shape index (κ3) is 3.20. The molecule has 0 radical (unpaired) electrons. The number of rotatable bonds is 4. The summed E-state index contributed by atoms with van der Waals surface area (Å²) in [4.78, 5) is 10.3. The van der Waals surface area contributed by atoms with Gasteiger partial charge in [0.15, 0.2) is 11.5 Å². The van der Waals surface area contributed by atoms with Crippen molar-refractivity contribution in [1.29, 1.82) is 0 Å². The highest BCUT2D eigenvalue weighted by Crippen LogP contribution is 2.35. The normalized spacial score (nSPS) is 11.4. The van der Waals surface area contributed by atoms with Crippen molar-refractivity contribution in [2.45, 2.75) is 13.3 Å². The molecular formula is C11H12BrNO4. The van der Waals surface area contributed by atoms with Crippen LogP contribution in [-0.2, 0) is 0 Å². The molecule has 1 aromatic rings. The molecule has 1 N–H and O–H groups in total. The molecule has 1 aromatic carbocycles. The smallest absolute Gasteiger partial charge is 0.246 e. The van der Waals surface area contributed by atoms with E-state index >= 15 is 0 Å². The van der Waals surface area contributed by atoms with E-state index in [0.29, 0.717) is 16.5 Å². The zero-order chi connectivity index (χ0) is 13.0. The molecule has 0 aromatic heterocycles. The lowest BCUT2D eigenvalue weighted by molar-refractivity contribution is -0.425. The van der Waals surface area contributed by atoms with Gasteiger partial charge in [0.2, 0.25) is 5.70 Å². The van der Waals surface area contributed by atoms with Gasteiger partial charge in [0.1, 0.15) is 0 Å². The van der Waals surface area contributed by atoms with E-state index < -0.39 is 4.92 Å². The van der Waals surface area contributed by atoms with Crippen molar-refractivity contribution < 1.29 is 14.8 Å². The Kier molecular flexibility index (Phi) is 4.51. The van der Waals surface area contributed by atoms with Crippen LogP contribution in [0, 0.1) is 10.1 Å². The van der Waals surface area contributed by atoms with Crippen LogP contribution >= 0.6 is 15.9 Å². The summed E-state index contributed by atoms with van der Waals surface area (Å²) < 4.78 is 5.40. The molecule has 0 aliphatic carbocycles. The number of nitro groups is 1. The number of aromatic hydroxyl groups is 1. The third-order valence-corrected chi connectivity index (χ3v) is 2.81. The lowest BCUT2D eigenvalue weighted by Crippen LogP contribution is -1.96. The van der Waals surface area contributed by atoms with Gasteiger partial charge in [0, 0.05) is 12.5 Å². The van der Waals surface area contributed by atoms with Gasteiger partial charge in [-0.3, -0.25) is 10.1 Å². The lowest BCUT2D eigenvalue weighted by Gasteiger charge is -2.06. The van der Waals surface area contributed by atoms with Gasteiger partial charge >= 0.3 is 0 Å². The topological polar surface area (TPSA) is 72.6 Å². The van der Waals surface area contributed by atoms with Crippen LogP contribution in [0.1, 0.15) is 18.9 Å². The number of benzene rings is 1. The summed E-state index contributed by atoms with van der Waals surface area (Å²) in [5, 5.41) is 20.3. The number of methoxy groups -OCH3 is 1. The number of hydrogen-bond donors (Lipinski definition) is 1. The van der Waals surface area contributed by atoms with Crippen LogP contribution in [0.25, 0.3) is 6.08 Å². The summed E-state index contributed by atoms with van der Waals surface area (Å²) >= 11 is 3.16. The van der Waals surface area contributed by atoms with Gasteiger partial charge < -0.3 is 9.84 Å². The summed E-state index contributed by atoms with van der Waals surface area (Å²) in [6, 6.07) is 3.14. The Morgan fingerprint density at radius 1 is 1.65 bits per heavy atom. The summed E-state index contributed by atoms with van der Waals surface area (Å²) in [5.41, 5.74) is 0.699. The van der Waals surface area contributed by atoms with Crippen molar-refractivity contribution in [3.8, 4) is 11.5 Å². The van der Waals surface area contributed by atoms with Gasteiger partial charge in [0.05, 0.1) is 16.5 Å². The molecule has 17 heavy (non-hydrogen) atoms. The minimum absolute atomic E-state index is 0.0243. The molecule has 0 unspecified atom stereocenters. The number of phenols is 1. The molecule has 0 atom stereocenters. The van der Waals surface area contributed by atoms with Crippen LogP contribution in [-0.4, -0.2) is 17.1 Å². The molecular weight excluding hydrogens is 290 g/mol. The Balaban J connectivity index is 3.24. The molecule has 0 aliphatic heterocycles. The van der Waals surface area contributed by atoms with E-state index in [0.717, 1.165) is 0 Å². The quantitative estimate of drug-likeness (QED) is 0.685. The van der Waals surface area contributed by atoms with Crippen molar-refractivity contribution in [2.24, 2.45) is 0 Å². The first kappa shape index (κ1) is 13.5. The molecule has 0 aliphatic rings. The second-order valence-corrected chi connectivity index (χ2v) is 4.15. The highest BCUT2D eigenvalue weighted by atomic mass is 79.9. The van der Waals surface area contributed by atoms with Crippen molar-refractivity contribution in [2.75, 3.05) is 7.11 Å². The maximum absolute atomic E-state index is 10.7. The van der Waals surface area contributed by atoms with E-state index in [1.807, 2.05) is 0 Å². The Bertz CT molecular complexity index is 471. The third-order valence-electron chi connectivity index (χ3n) is 2.20. The summed E-state index contributed by atoms with van der Waals surface area (Å²) in [6.07, 6.45) is 1.78. The molecule has 6 heteroatoms. The first-order valence-corrected chi connectivity index (χ1v) is 5.70. The van der Waals surface area contributed by atoms with Gasteiger partial charge in [-0.15, -0.1) is 0 Å². The van der Waals surface area contributed by atoms with Gasteiger partial charge in [-0.25, -0.2) is 0 Å². The zero-order valence-electron chi connectivity index (χ0n) is 9.44. The molecule has 0 saturated heterocycles. The molecule has 0 bridgehead atoms. The fraction of sp³-hybridized carbons (Fsp3) is 0.273. The SMILES string of the molecule is CCC(=Cc1cc(Br)c(O)c(OC)c1)[N+](=O)[O-].